The first-order valence-corrected chi connectivity index (χ1v) is 24.6. The molecule has 26 heteroatoms. The van der Waals surface area contributed by atoms with Gasteiger partial charge >= 0.3 is 36.6 Å². The normalized spacial score (nSPS) is 17.0. The Bertz CT molecular complexity index is 2780. The zero-order valence-corrected chi connectivity index (χ0v) is 39.8. The molecular weight excluding hydrogens is 1030 g/mol. The number of halogens is 12. The van der Waals surface area contributed by atoms with Crippen molar-refractivity contribution in [2.24, 2.45) is 0 Å². The van der Waals surface area contributed by atoms with Crippen LogP contribution in [0.15, 0.2) is 82.6 Å². The van der Waals surface area contributed by atoms with Crippen LogP contribution >= 0.6 is 0 Å². The van der Waals surface area contributed by atoms with Crippen molar-refractivity contribution in [1.29, 1.82) is 0 Å². The summed E-state index contributed by atoms with van der Waals surface area (Å²) in [4.78, 5) is 20.6. The lowest BCUT2D eigenvalue weighted by molar-refractivity contribution is -0.157. The van der Waals surface area contributed by atoms with Crippen molar-refractivity contribution in [3.8, 4) is 11.5 Å². The van der Waals surface area contributed by atoms with E-state index in [0.717, 1.165) is 0 Å². The molecule has 0 heterocycles. The van der Waals surface area contributed by atoms with Gasteiger partial charge in [0.15, 0.2) is 13.2 Å². The van der Waals surface area contributed by atoms with E-state index in [9.17, 15) is 79.1 Å². The summed E-state index contributed by atoms with van der Waals surface area (Å²) < 4.78 is 231. The smallest absolute Gasteiger partial charge is 0.416 e. The van der Waals surface area contributed by atoms with Crippen LogP contribution in [0.3, 0.4) is 0 Å². The number of hydrogen-bond acceptors (Lipinski definition) is 9. The molecular formula is C46H46F12N2O10S2. The number of hydrogen-bond donors (Lipinski definition) is 3. The number of carbonyl (C=O) groups excluding carboxylic acids is 1. The Hall–Kier alpha value is -5.60. The number of aliphatic carboxylic acids is 1. The summed E-state index contributed by atoms with van der Waals surface area (Å²) in [5.74, 6) is -1.33. The van der Waals surface area contributed by atoms with Crippen molar-refractivity contribution in [1.82, 2.24) is 9.44 Å². The van der Waals surface area contributed by atoms with Gasteiger partial charge in [0.25, 0.3) is 0 Å². The van der Waals surface area contributed by atoms with Gasteiger partial charge in [0.05, 0.1) is 32.0 Å². The molecule has 2 unspecified atom stereocenters. The second-order valence-electron chi connectivity index (χ2n) is 17.5. The van der Waals surface area contributed by atoms with Crippen molar-refractivity contribution in [3.05, 3.63) is 117 Å². The molecule has 4 aromatic carbocycles. The topological polar surface area (TPSA) is 174 Å². The second-order valence-corrected chi connectivity index (χ2v) is 21.0. The van der Waals surface area contributed by atoms with Crippen LogP contribution in [0.2, 0.25) is 0 Å². The summed E-state index contributed by atoms with van der Waals surface area (Å²) in [6.07, 6.45) is -17.2. The minimum Gasteiger partial charge on any atom is -0.482 e. The van der Waals surface area contributed by atoms with Crippen LogP contribution in [-0.4, -0.2) is 52.7 Å². The molecule has 2 aliphatic carbocycles. The maximum absolute atomic E-state index is 13.3. The summed E-state index contributed by atoms with van der Waals surface area (Å²) in [6, 6.07) is 7.75. The van der Waals surface area contributed by atoms with Crippen molar-refractivity contribution in [2.75, 3.05) is 13.2 Å². The van der Waals surface area contributed by atoms with Gasteiger partial charge in [-0.1, -0.05) is 37.1 Å². The van der Waals surface area contributed by atoms with E-state index in [1.54, 1.807) is 45.0 Å². The Balaban J connectivity index is 0.000000269. The maximum atomic E-state index is 13.3. The maximum Gasteiger partial charge on any atom is 0.416 e. The second kappa shape index (κ2) is 21.9. The molecule has 3 N–H and O–H groups in total. The largest absolute Gasteiger partial charge is 0.482 e. The lowest BCUT2D eigenvalue weighted by atomic mass is 9.99. The molecule has 12 nitrogen and oxygen atoms in total. The third kappa shape index (κ3) is 15.5. The minimum absolute atomic E-state index is 0.131. The molecule has 0 saturated heterocycles. The number of fused-ring (bicyclic) bond motifs is 2. The average Bonchev–Trinajstić information content (AvgIpc) is 3.59. The van der Waals surface area contributed by atoms with E-state index >= 15 is 0 Å². The molecule has 0 fully saturated rings. The highest BCUT2D eigenvalue weighted by Crippen LogP contribution is 2.41. The monoisotopic (exact) mass is 1080 g/mol. The molecule has 4 aromatic rings. The van der Waals surface area contributed by atoms with Gasteiger partial charge in [0.2, 0.25) is 20.0 Å². The summed E-state index contributed by atoms with van der Waals surface area (Å²) in [5, 5.41) is 8.85. The third-order valence-electron chi connectivity index (χ3n) is 10.9. The van der Waals surface area contributed by atoms with Crippen LogP contribution in [0.5, 0.6) is 11.5 Å². The molecule has 0 bridgehead atoms. The predicted molar refractivity (Wildman–Crippen MR) is 231 cm³/mol. The summed E-state index contributed by atoms with van der Waals surface area (Å²) >= 11 is 0. The number of carboxylic acids is 1. The lowest BCUT2D eigenvalue weighted by Crippen LogP contribution is -2.30. The average molecular weight is 1080 g/mol. The molecule has 6 rings (SSSR count). The molecule has 0 radical (unpaired) electrons. The highest BCUT2D eigenvalue weighted by Gasteiger charge is 2.41. The molecule has 0 aromatic heterocycles. The number of ether oxygens (including phenoxy) is 3. The summed E-state index contributed by atoms with van der Waals surface area (Å²) in [7, 11) is -9.62. The number of carbonyl (C=O) groups is 2. The zero-order valence-electron chi connectivity index (χ0n) is 38.1. The van der Waals surface area contributed by atoms with E-state index in [-0.39, 0.29) is 55.0 Å². The van der Waals surface area contributed by atoms with Crippen LogP contribution in [0.4, 0.5) is 52.7 Å². The van der Waals surface area contributed by atoms with Gasteiger partial charge < -0.3 is 19.3 Å². The minimum atomic E-state index is -5.20. The number of sulfonamides is 2. The van der Waals surface area contributed by atoms with Crippen LogP contribution < -0.4 is 18.9 Å². The van der Waals surface area contributed by atoms with Gasteiger partial charge in [0, 0.05) is 12.1 Å². The zero-order chi connectivity index (χ0) is 53.8. The van der Waals surface area contributed by atoms with Crippen LogP contribution in [0.25, 0.3) is 0 Å². The van der Waals surface area contributed by atoms with E-state index in [0.29, 0.717) is 66.5 Å². The van der Waals surface area contributed by atoms with Gasteiger partial charge in [-0.3, -0.25) is 0 Å². The Morgan fingerprint density at radius 2 is 0.903 bits per heavy atom. The van der Waals surface area contributed by atoms with E-state index in [2.05, 4.69) is 9.44 Å². The van der Waals surface area contributed by atoms with Crippen LogP contribution in [-0.2, 0) is 71.9 Å². The molecule has 0 saturated carbocycles. The Labute approximate surface area is 405 Å². The number of benzene rings is 4. The molecule has 2 atom stereocenters. The molecule has 0 spiro atoms. The molecule has 2 aliphatic rings. The summed E-state index contributed by atoms with van der Waals surface area (Å²) in [5.41, 5.74) is -5.70. The third-order valence-corrected chi connectivity index (χ3v) is 13.8. The molecule has 0 aliphatic heterocycles. The van der Waals surface area contributed by atoms with Crippen molar-refractivity contribution >= 4 is 32.0 Å². The first-order valence-electron chi connectivity index (χ1n) is 21.6. The van der Waals surface area contributed by atoms with Crippen molar-refractivity contribution in [3.63, 3.8) is 0 Å². The van der Waals surface area contributed by atoms with E-state index in [1.165, 1.54) is 12.1 Å². The van der Waals surface area contributed by atoms with Crippen LogP contribution in [0, 0.1) is 0 Å². The van der Waals surface area contributed by atoms with E-state index < -0.39 is 120 Å². The molecule has 396 valence electrons. The first kappa shape index (κ1) is 57.3. The van der Waals surface area contributed by atoms with Crippen molar-refractivity contribution < 1.29 is 98.4 Å². The summed E-state index contributed by atoms with van der Waals surface area (Å²) in [6.45, 7) is 4.03. The standard InChI is InChI=1S/C25H27F6NO5S.C21H19F6NO5S/c1-23(2,3)37-22(33)14-36-21-10-6-8-18-19(21)7-4-5-9-20(18)32-38(34,35)17-12-15(24(26,27)28)11-16(13-17)25(29,30)31;22-20(23,24)12-8-13(21(25,26)27)10-14(9-12)34(31,32)28-17-6-2-1-4-16-15(17)5-3-7-18(16)33-11-19(29)30/h6,8,10-13,20,32H,4-5,7,9,14H2,1-3H3;3,5,7-10,17,28H,1-2,4,6,11H2,(H,29,30). The van der Waals surface area contributed by atoms with Gasteiger partial charge in [-0.2, -0.15) is 52.7 Å². The lowest BCUT2D eigenvalue weighted by Gasteiger charge is -2.22. The Morgan fingerprint density at radius 3 is 1.22 bits per heavy atom. The van der Waals surface area contributed by atoms with Gasteiger partial charge in [0.1, 0.15) is 17.1 Å². The Kier molecular flexibility index (Phi) is 17.4. The fourth-order valence-electron chi connectivity index (χ4n) is 7.80. The van der Waals surface area contributed by atoms with Crippen molar-refractivity contribution in [2.45, 2.75) is 124 Å². The first-order chi connectivity index (χ1) is 33.0. The number of nitrogens with one attached hydrogen (secondary N) is 2. The van der Waals surface area contributed by atoms with Gasteiger partial charge in [-0.15, -0.1) is 0 Å². The number of esters is 1. The Morgan fingerprint density at radius 1 is 0.556 bits per heavy atom. The van der Waals surface area contributed by atoms with E-state index in [1.807, 2.05) is 0 Å². The fraction of sp³-hybridized carbons (Fsp3) is 0.435. The van der Waals surface area contributed by atoms with Gasteiger partial charge in [-0.05, 0) is 130 Å². The van der Waals surface area contributed by atoms with Gasteiger partial charge in [-0.25, -0.2) is 35.9 Å². The highest BCUT2D eigenvalue weighted by molar-refractivity contribution is 7.89. The quantitative estimate of drug-likeness (QED) is 0.0704. The van der Waals surface area contributed by atoms with Crippen LogP contribution in [0.1, 0.15) is 116 Å². The van der Waals surface area contributed by atoms with E-state index in [4.69, 9.17) is 19.3 Å². The molecule has 0 amide bonds. The predicted octanol–water partition coefficient (Wildman–Crippen LogP) is 11.1. The SMILES string of the molecule is CC(C)(C)OC(=O)COc1cccc2c1CCCCC2NS(=O)(=O)c1cc(C(F)(F)F)cc(C(F)(F)F)c1.O=C(O)COc1cccc2c1CCCCC2NS(=O)(=O)c1cc(C(F)(F)F)cc(C(F)(F)F)c1. The highest BCUT2D eigenvalue weighted by atomic mass is 32.2. The fourth-order valence-corrected chi connectivity index (χ4v) is 10.4. The number of rotatable bonds is 12. The molecule has 72 heavy (non-hydrogen) atoms. The number of carboxylic acid groups (broad SMARTS) is 1. The number of alkyl halides is 12.